The fourth-order valence-electron chi connectivity index (χ4n) is 2.69. The molecule has 1 aromatic carbocycles. The molecule has 0 N–H and O–H groups in total. The highest BCUT2D eigenvalue weighted by Crippen LogP contribution is 2.27. The van der Waals surface area contributed by atoms with Crippen LogP contribution in [0.15, 0.2) is 27.4 Å². The number of esters is 1. The number of hydrogen-bond acceptors (Lipinski definition) is 8. The van der Waals surface area contributed by atoms with E-state index >= 15 is 0 Å². The number of rotatable bonds is 15. The SMILES string of the molecule is CCC(C)(I)C(=O)OCCOCCSCCOCCOc1cc(=O)oc2c(F)cc(C)cc12. The van der Waals surface area contributed by atoms with Crippen LogP contribution in [0.2, 0.25) is 0 Å². The Kier molecular flexibility index (Phi) is 11.9. The van der Waals surface area contributed by atoms with E-state index < -0.39 is 14.9 Å². The first-order valence-corrected chi connectivity index (χ1v) is 12.9. The molecule has 0 spiro atoms. The lowest BCUT2D eigenvalue weighted by Crippen LogP contribution is -2.30. The summed E-state index contributed by atoms with van der Waals surface area (Å²) in [6.45, 7) is 7.88. The van der Waals surface area contributed by atoms with Crippen molar-refractivity contribution in [3.05, 3.63) is 40.0 Å². The number of carbonyl (C=O) groups excluding carboxylic acids is 1. The van der Waals surface area contributed by atoms with Gasteiger partial charge in [0.25, 0.3) is 0 Å². The lowest BCUT2D eigenvalue weighted by atomic mass is 10.1. The number of carbonyl (C=O) groups is 1. The molecular weight excluding hydrogens is 566 g/mol. The van der Waals surface area contributed by atoms with Crippen LogP contribution in [0.25, 0.3) is 11.0 Å². The molecule has 0 aliphatic heterocycles. The number of alkyl halides is 1. The van der Waals surface area contributed by atoms with Crippen molar-refractivity contribution in [2.75, 3.05) is 51.1 Å². The smallest absolute Gasteiger partial charge is 0.340 e. The largest absolute Gasteiger partial charge is 0.490 e. The predicted molar refractivity (Wildman–Crippen MR) is 135 cm³/mol. The fraction of sp³-hybridized carbons (Fsp3) is 0.565. The number of hydrogen-bond donors (Lipinski definition) is 0. The van der Waals surface area contributed by atoms with Crippen LogP contribution in [0.5, 0.6) is 5.75 Å². The van der Waals surface area contributed by atoms with Gasteiger partial charge in [0.15, 0.2) is 11.4 Å². The van der Waals surface area contributed by atoms with Crippen molar-refractivity contribution in [2.24, 2.45) is 0 Å². The van der Waals surface area contributed by atoms with Crippen molar-refractivity contribution in [3.8, 4) is 5.75 Å². The normalized spacial score (nSPS) is 13.1. The molecule has 0 radical (unpaired) electrons. The predicted octanol–water partition coefficient (Wildman–Crippen LogP) is 4.53. The molecule has 0 saturated heterocycles. The standard InChI is InChI=1S/C23H30FIO7S/c1-4-23(3,25)22(27)31-8-6-29-10-12-33-11-9-28-5-7-30-19-15-20(26)32-21-17(19)13-16(2)14-18(21)24/h13-15H,4-12H2,1-3H3. The van der Waals surface area contributed by atoms with Gasteiger partial charge >= 0.3 is 11.6 Å². The highest BCUT2D eigenvalue weighted by Gasteiger charge is 2.29. The average Bonchev–Trinajstić information content (AvgIpc) is 2.77. The first-order valence-electron chi connectivity index (χ1n) is 10.7. The maximum Gasteiger partial charge on any atom is 0.340 e. The van der Waals surface area contributed by atoms with Crippen LogP contribution >= 0.6 is 34.4 Å². The van der Waals surface area contributed by atoms with Crippen LogP contribution in [-0.4, -0.2) is 60.5 Å². The molecule has 0 aliphatic rings. The molecule has 1 aromatic heterocycles. The summed E-state index contributed by atoms with van der Waals surface area (Å²) in [5.41, 5.74) is -0.0651. The molecule has 0 saturated carbocycles. The number of halogens is 2. The monoisotopic (exact) mass is 596 g/mol. The Bertz CT molecular complexity index is 964. The topological polar surface area (TPSA) is 84.2 Å². The zero-order valence-corrected chi connectivity index (χ0v) is 22.1. The van der Waals surface area contributed by atoms with E-state index in [0.29, 0.717) is 37.4 Å². The number of aryl methyl sites for hydroxylation is 1. The summed E-state index contributed by atoms with van der Waals surface area (Å²) in [6, 6.07) is 4.23. The van der Waals surface area contributed by atoms with Gasteiger partial charge in [-0.15, -0.1) is 0 Å². The molecule has 1 atom stereocenters. The molecule has 1 unspecified atom stereocenters. The Labute approximate surface area is 210 Å². The lowest BCUT2D eigenvalue weighted by molar-refractivity contribution is -0.147. The van der Waals surface area contributed by atoms with E-state index in [9.17, 15) is 14.0 Å². The summed E-state index contributed by atoms with van der Waals surface area (Å²) in [5.74, 6) is 1.08. The van der Waals surface area contributed by atoms with Crippen molar-refractivity contribution < 1.29 is 32.5 Å². The van der Waals surface area contributed by atoms with Crippen molar-refractivity contribution in [1.82, 2.24) is 0 Å². The van der Waals surface area contributed by atoms with Crippen LogP contribution in [0.3, 0.4) is 0 Å². The average molecular weight is 596 g/mol. The molecule has 0 amide bonds. The zero-order chi connectivity index (χ0) is 24.3. The third kappa shape index (κ3) is 9.42. The quantitative estimate of drug-likeness (QED) is 0.0976. The van der Waals surface area contributed by atoms with Gasteiger partial charge in [0, 0.05) is 11.5 Å². The number of benzene rings is 1. The highest BCUT2D eigenvalue weighted by molar-refractivity contribution is 14.1. The molecule has 0 fully saturated rings. The molecule has 184 valence electrons. The van der Waals surface area contributed by atoms with Gasteiger partial charge in [-0.05, 0) is 38.0 Å². The van der Waals surface area contributed by atoms with Gasteiger partial charge in [-0.1, -0.05) is 29.5 Å². The van der Waals surface area contributed by atoms with Crippen molar-refractivity contribution in [1.29, 1.82) is 0 Å². The minimum atomic E-state index is -0.664. The van der Waals surface area contributed by atoms with Crippen LogP contribution in [-0.2, 0) is 19.0 Å². The second-order valence-corrected chi connectivity index (χ2v) is 11.0. The molecule has 2 rings (SSSR count). The van der Waals surface area contributed by atoms with Crippen molar-refractivity contribution >= 4 is 51.3 Å². The summed E-state index contributed by atoms with van der Waals surface area (Å²) in [5, 5.41) is 0.422. The van der Waals surface area contributed by atoms with E-state index in [4.69, 9.17) is 23.4 Å². The summed E-state index contributed by atoms with van der Waals surface area (Å²) >= 11 is 3.79. The molecule has 33 heavy (non-hydrogen) atoms. The van der Waals surface area contributed by atoms with Gasteiger partial charge in [-0.3, -0.25) is 4.79 Å². The van der Waals surface area contributed by atoms with Crippen LogP contribution in [0.4, 0.5) is 4.39 Å². The van der Waals surface area contributed by atoms with Gasteiger partial charge in [-0.2, -0.15) is 11.8 Å². The third-order valence-corrected chi connectivity index (χ3v) is 6.80. The summed E-state index contributed by atoms with van der Waals surface area (Å²) in [4.78, 5) is 23.5. The van der Waals surface area contributed by atoms with E-state index in [-0.39, 0.29) is 30.5 Å². The number of thioether (sulfide) groups is 1. The Morgan fingerprint density at radius 1 is 1.09 bits per heavy atom. The maximum absolute atomic E-state index is 14.0. The first kappa shape index (κ1) is 27.9. The molecule has 2 aromatic rings. The fourth-order valence-corrected chi connectivity index (χ4v) is 3.52. The first-order chi connectivity index (χ1) is 15.7. The van der Waals surface area contributed by atoms with Crippen LogP contribution < -0.4 is 10.4 Å². The van der Waals surface area contributed by atoms with E-state index in [1.807, 2.05) is 13.8 Å². The molecule has 10 heteroatoms. The van der Waals surface area contributed by atoms with Gasteiger partial charge < -0.3 is 23.4 Å². The third-order valence-electron chi connectivity index (χ3n) is 4.68. The van der Waals surface area contributed by atoms with E-state index in [2.05, 4.69) is 22.6 Å². The summed E-state index contributed by atoms with van der Waals surface area (Å²) in [7, 11) is 0. The molecule has 1 heterocycles. The second kappa shape index (κ2) is 14.1. The Morgan fingerprint density at radius 3 is 2.42 bits per heavy atom. The molecule has 0 bridgehead atoms. The summed E-state index contributed by atoms with van der Waals surface area (Å²) in [6.07, 6.45) is 0.720. The van der Waals surface area contributed by atoms with Gasteiger partial charge in [0.2, 0.25) is 0 Å². The van der Waals surface area contributed by atoms with Crippen molar-refractivity contribution in [3.63, 3.8) is 0 Å². The maximum atomic E-state index is 14.0. The Hall–Kier alpha value is -1.37. The highest BCUT2D eigenvalue weighted by atomic mass is 127. The number of ether oxygens (including phenoxy) is 4. The van der Waals surface area contributed by atoms with Crippen molar-refractivity contribution in [2.45, 2.75) is 30.6 Å². The minimum Gasteiger partial charge on any atom is -0.490 e. The van der Waals surface area contributed by atoms with E-state index in [1.165, 1.54) is 12.1 Å². The summed E-state index contributed by atoms with van der Waals surface area (Å²) < 4.78 is 40.3. The lowest BCUT2D eigenvalue weighted by Gasteiger charge is -2.18. The van der Waals surface area contributed by atoms with Gasteiger partial charge in [0.05, 0.1) is 37.9 Å². The second-order valence-electron chi connectivity index (χ2n) is 7.43. The Morgan fingerprint density at radius 2 is 1.76 bits per heavy atom. The number of fused-ring (bicyclic) bond motifs is 1. The molecule has 0 aliphatic carbocycles. The zero-order valence-electron chi connectivity index (χ0n) is 19.1. The van der Waals surface area contributed by atoms with Crippen LogP contribution in [0, 0.1) is 12.7 Å². The van der Waals surface area contributed by atoms with Crippen LogP contribution in [0.1, 0.15) is 25.8 Å². The Balaban J connectivity index is 1.53. The minimum absolute atomic E-state index is 0.106. The van der Waals surface area contributed by atoms with Gasteiger partial charge in [0.1, 0.15) is 22.4 Å². The molecule has 7 nitrogen and oxygen atoms in total. The van der Waals surface area contributed by atoms with E-state index in [0.717, 1.165) is 17.9 Å². The molecular formula is C23H30FIO7S. The van der Waals surface area contributed by atoms with Gasteiger partial charge in [-0.25, -0.2) is 9.18 Å². The van der Waals surface area contributed by atoms with E-state index in [1.54, 1.807) is 24.8 Å².